The van der Waals surface area contributed by atoms with Crippen LogP contribution in [0.2, 0.25) is 0 Å². The second-order valence-corrected chi connectivity index (χ2v) is 7.16. The normalized spacial score (nSPS) is 23.5. The number of carbonyl (C=O) groups excluding carboxylic acids is 1. The molecule has 2 aliphatic rings. The molecule has 0 aromatic carbocycles. The van der Waals surface area contributed by atoms with Crippen molar-refractivity contribution >= 4 is 6.09 Å². The lowest BCUT2D eigenvalue weighted by Gasteiger charge is -2.45. The van der Waals surface area contributed by atoms with E-state index in [2.05, 4.69) is 10.6 Å². The Balaban J connectivity index is 1.85. The highest BCUT2D eigenvalue weighted by molar-refractivity contribution is 5.69. The smallest absolute Gasteiger partial charge is 0.408 e. The molecule has 4 heteroatoms. The van der Waals surface area contributed by atoms with Crippen LogP contribution in [0.25, 0.3) is 0 Å². The van der Waals surface area contributed by atoms with E-state index in [4.69, 9.17) is 4.74 Å². The number of hydrogen-bond acceptors (Lipinski definition) is 3. The third-order valence-corrected chi connectivity index (χ3v) is 4.21. The van der Waals surface area contributed by atoms with E-state index < -0.39 is 5.60 Å². The van der Waals surface area contributed by atoms with E-state index in [0.29, 0.717) is 0 Å². The van der Waals surface area contributed by atoms with Crippen molar-refractivity contribution in [1.82, 2.24) is 10.6 Å². The molecule has 0 radical (unpaired) electrons. The number of ether oxygens (including phenoxy) is 1. The average molecular weight is 268 g/mol. The van der Waals surface area contributed by atoms with E-state index in [0.717, 1.165) is 38.3 Å². The van der Waals surface area contributed by atoms with Crippen LogP contribution in [0.1, 0.15) is 59.3 Å². The Kier molecular flexibility index (Phi) is 4.39. The second kappa shape index (κ2) is 5.70. The van der Waals surface area contributed by atoms with Crippen LogP contribution in [-0.4, -0.2) is 30.3 Å². The third kappa shape index (κ3) is 4.37. The van der Waals surface area contributed by atoms with E-state index in [9.17, 15) is 4.79 Å². The number of piperidine rings is 1. The Hall–Kier alpha value is -0.770. The summed E-state index contributed by atoms with van der Waals surface area (Å²) in [5, 5.41) is 6.55. The molecule has 19 heavy (non-hydrogen) atoms. The quantitative estimate of drug-likeness (QED) is 0.827. The highest BCUT2D eigenvalue weighted by atomic mass is 16.6. The van der Waals surface area contributed by atoms with Crippen molar-refractivity contribution in [2.45, 2.75) is 70.4 Å². The van der Waals surface area contributed by atoms with E-state index in [-0.39, 0.29) is 11.6 Å². The molecular weight excluding hydrogens is 240 g/mol. The SMILES string of the molecule is CC(C)(C)OC(=O)NC1(CC2CCNCC2)CCC1. The lowest BCUT2D eigenvalue weighted by atomic mass is 9.70. The number of carbonyl (C=O) groups is 1. The molecule has 1 aliphatic carbocycles. The zero-order valence-electron chi connectivity index (χ0n) is 12.6. The summed E-state index contributed by atoms with van der Waals surface area (Å²) in [7, 11) is 0. The Labute approximate surface area is 116 Å². The summed E-state index contributed by atoms with van der Waals surface area (Å²) < 4.78 is 5.40. The first-order chi connectivity index (χ1) is 8.89. The molecule has 1 saturated carbocycles. The van der Waals surface area contributed by atoms with Gasteiger partial charge >= 0.3 is 6.09 Å². The van der Waals surface area contributed by atoms with Crippen LogP contribution in [-0.2, 0) is 4.74 Å². The van der Waals surface area contributed by atoms with E-state index in [1.54, 1.807) is 0 Å². The molecule has 0 aromatic heterocycles. The van der Waals surface area contributed by atoms with Gasteiger partial charge in [0.15, 0.2) is 0 Å². The van der Waals surface area contributed by atoms with Crippen molar-refractivity contribution in [3.8, 4) is 0 Å². The second-order valence-electron chi connectivity index (χ2n) is 7.16. The van der Waals surface area contributed by atoms with Gasteiger partial charge in [-0.05, 0) is 78.3 Å². The third-order valence-electron chi connectivity index (χ3n) is 4.21. The zero-order valence-corrected chi connectivity index (χ0v) is 12.6. The van der Waals surface area contributed by atoms with Crippen LogP contribution in [0.5, 0.6) is 0 Å². The Morgan fingerprint density at radius 3 is 2.42 bits per heavy atom. The molecule has 4 nitrogen and oxygen atoms in total. The summed E-state index contributed by atoms with van der Waals surface area (Å²) >= 11 is 0. The van der Waals surface area contributed by atoms with Gasteiger partial charge in [-0.2, -0.15) is 0 Å². The van der Waals surface area contributed by atoms with Gasteiger partial charge in [-0.3, -0.25) is 0 Å². The van der Waals surface area contributed by atoms with Gasteiger partial charge < -0.3 is 15.4 Å². The van der Waals surface area contributed by atoms with E-state index in [1.165, 1.54) is 19.3 Å². The molecule has 0 spiro atoms. The first-order valence-electron chi connectivity index (χ1n) is 7.60. The van der Waals surface area contributed by atoms with Crippen molar-refractivity contribution in [1.29, 1.82) is 0 Å². The highest BCUT2D eigenvalue weighted by Crippen LogP contribution is 2.39. The summed E-state index contributed by atoms with van der Waals surface area (Å²) in [6.45, 7) is 7.97. The molecule has 0 atom stereocenters. The standard InChI is InChI=1S/C15H28N2O2/c1-14(2,3)19-13(18)17-15(7-4-8-15)11-12-5-9-16-10-6-12/h12,16H,4-11H2,1-3H3,(H,17,18). The maximum absolute atomic E-state index is 12.0. The first-order valence-corrected chi connectivity index (χ1v) is 7.60. The topological polar surface area (TPSA) is 50.4 Å². The van der Waals surface area contributed by atoms with Gasteiger partial charge in [0.2, 0.25) is 0 Å². The number of nitrogens with one attached hydrogen (secondary N) is 2. The maximum atomic E-state index is 12.0. The molecule has 0 aromatic rings. The van der Waals surface area contributed by atoms with Crippen LogP contribution < -0.4 is 10.6 Å². The van der Waals surface area contributed by atoms with Crippen LogP contribution >= 0.6 is 0 Å². The summed E-state index contributed by atoms with van der Waals surface area (Å²) in [6.07, 6.45) is 6.78. The monoisotopic (exact) mass is 268 g/mol. The summed E-state index contributed by atoms with van der Waals surface area (Å²) in [5.74, 6) is 0.747. The predicted molar refractivity (Wildman–Crippen MR) is 76.2 cm³/mol. The number of rotatable bonds is 3. The summed E-state index contributed by atoms with van der Waals surface area (Å²) in [6, 6.07) is 0. The molecule has 1 heterocycles. The molecule has 2 rings (SSSR count). The molecule has 2 N–H and O–H groups in total. The fourth-order valence-electron chi connectivity index (χ4n) is 3.14. The van der Waals surface area contributed by atoms with Crippen LogP contribution in [0.4, 0.5) is 4.79 Å². The molecule has 2 fully saturated rings. The Morgan fingerprint density at radius 2 is 1.95 bits per heavy atom. The summed E-state index contributed by atoms with van der Waals surface area (Å²) in [4.78, 5) is 12.0. The van der Waals surface area contributed by atoms with Crippen LogP contribution in [0.15, 0.2) is 0 Å². The van der Waals surface area contributed by atoms with Gasteiger partial charge in [-0.15, -0.1) is 0 Å². The van der Waals surface area contributed by atoms with E-state index in [1.807, 2.05) is 20.8 Å². The molecule has 0 unspecified atom stereocenters. The first kappa shape index (κ1) is 14.6. The molecule has 1 aliphatic heterocycles. The minimum absolute atomic E-state index is 0.0182. The lowest BCUT2D eigenvalue weighted by Crippen LogP contribution is -2.56. The van der Waals surface area contributed by atoms with Crippen molar-refractivity contribution in [3.05, 3.63) is 0 Å². The van der Waals surface area contributed by atoms with Crippen molar-refractivity contribution in [3.63, 3.8) is 0 Å². The number of alkyl carbamates (subject to hydrolysis) is 1. The van der Waals surface area contributed by atoms with Gasteiger partial charge in [-0.1, -0.05) is 0 Å². The minimum atomic E-state index is -0.413. The fourth-order valence-corrected chi connectivity index (χ4v) is 3.14. The predicted octanol–water partition coefficient (Wildman–Crippen LogP) is 2.82. The zero-order chi connectivity index (χ0) is 13.9. The van der Waals surface area contributed by atoms with Crippen molar-refractivity contribution in [2.24, 2.45) is 5.92 Å². The minimum Gasteiger partial charge on any atom is -0.444 e. The molecule has 1 saturated heterocycles. The Morgan fingerprint density at radius 1 is 1.32 bits per heavy atom. The Bertz CT molecular complexity index is 313. The average Bonchev–Trinajstić information content (AvgIpc) is 2.25. The van der Waals surface area contributed by atoms with Crippen LogP contribution in [0.3, 0.4) is 0 Å². The highest BCUT2D eigenvalue weighted by Gasteiger charge is 2.41. The van der Waals surface area contributed by atoms with Crippen molar-refractivity contribution < 1.29 is 9.53 Å². The maximum Gasteiger partial charge on any atom is 0.408 e. The summed E-state index contributed by atoms with van der Waals surface area (Å²) in [5.41, 5.74) is -0.395. The molecular formula is C15H28N2O2. The molecule has 110 valence electrons. The van der Waals surface area contributed by atoms with Gasteiger partial charge in [0.05, 0.1) is 0 Å². The lowest BCUT2D eigenvalue weighted by molar-refractivity contribution is 0.0336. The van der Waals surface area contributed by atoms with E-state index >= 15 is 0 Å². The van der Waals surface area contributed by atoms with Gasteiger partial charge in [-0.25, -0.2) is 4.79 Å². The molecule has 1 amide bonds. The van der Waals surface area contributed by atoms with Gasteiger partial charge in [0, 0.05) is 5.54 Å². The van der Waals surface area contributed by atoms with Crippen LogP contribution in [0, 0.1) is 5.92 Å². The molecule has 0 bridgehead atoms. The fraction of sp³-hybridized carbons (Fsp3) is 0.933. The number of hydrogen-bond donors (Lipinski definition) is 2. The number of amides is 1. The van der Waals surface area contributed by atoms with Crippen molar-refractivity contribution in [2.75, 3.05) is 13.1 Å². The largest absolute Gasteiger partial charge is 0.444 e. The van der Waals surface area contributed by atoms with Gasteiger partial charge in [0.1, 0.15) is 5.60 Å². The van der Waals surface area contributed by atoms with Gasteiger partial charge in [0.25, 0.3) is 0 Å².